The smallest absolute Gasteiger partial charge is 0.225 e. The Kier molecular flexibility index (Phi) is 16.2. The maximum Gasteiger partial charge on any atom is 0.225 e. The van der Waals surface area contributed by atoms with Crippen LogP contribution in [0.4, 0.5) is 14.7 Å². The lowest BCUT2D eigenvalue weighted by atomic mass is 9.97. The molecule has 0 bridgehead atoms. The lowest BCUT2D eigenvalue weighted by Crippen LogP contribution is -2.31. The summed E-state index contributed by atoms with van der Waals surface area (Å²) in [6.45, 7) is 11.5. The molecule has 18 heteroatoms. The zero-order valence-corrected chi connectivity index (χ0v) is 48.2. The third kappa shape index (κ3) is 10.5. The van der Waals surface area contributed by atoms with Crippen molar-refractivity contribution >= 4 is 75.0 Å². The summed E-state index contributed by atoms with van der Waals surface area (Å²) in [5.74, 6) is 1.35. The number of nitrogens with one attached hydrogen (secondary N) is 3. The van der Waals surface area contributed by atoms with Crippen LogP contribution in [0.25, 0.3) is 55.7 Å². The van der Waals surface area contributed by atoms with Crippen LogP contribution < -0.4 is 10.2 Å². The minimum atomic E-state index is -0.356. The molecule has 2 fully saturated rings. The van der Waals surface area contributed by atoms with Crippen LogP contribution >= 0.6 is 47.2 Å². The quantitative estimate of drug-likeness (QED) is 0.109. The van der Waals surface area contributed by atoms with Crippen LogP contribution in [0.1, 0.15) is 121 Å². The predicted octanol–water partition coefficient (Wildman–Crippen LogP) is 15.2. The molecular formula is C62H62Cl4F2N12. The van der Waals surface area contributed by atoms with E-state index in [1.807, 2.05) is 58.7 Å². The number of aryl methyl sites for hydroxylation is 4. The zero-order valence-electron chi connectivity index (χ0n) is 45.1. The Morgan fingerprint density at radius 2 is 1.04 bits per heavy atom. The van der Waals surface area contributed by atoms with Gasteiger partial charge in [0.1, 0.15) is 11.6 Å². The van der Waals surface area contributed by atoms with Gasteiger partial charge < -0.3 is 20.2 Å². The molecular weight excluding hydrogens is 1090 g/mol. The molecule has 6 aromatic heterocycles. The summed E-state index contributed by atoms with van der Waals surface area (Å²) in [6.07, 6.45) is 21.2. The highest BCUT2D eigenvalue weighted by Crippen LogP contribution is 2.45. The summed E-state index contributed by atoms with van der Waals surface area (Å²) in [5.41, 5.74) is 17.6. The lowest BCUT2D eigenvalue weighted by molar-refractivity contribution is 0.628. The number of para-hydroxylation sites is 2. The van der Waals surface area contributed by atoms with Crippen molar-refractivity contribution in [3.63, 3.8) is 0 Å². The van der Waals surface area contributed by atoms with Gasteiger partial charge in [-0.1, -0.05) is 87.3 Å². The van der Waals surface area contributed by atoms with Crippen molar-refractivity contribution in [3.8, 4) is 33.9 Å². The van der Waals surface area contributed by atoms with E-state index in [9.17, 15) is 0 Å². The van der Waals surface area contributed by atoms with E-state index in [-0.39, 0.29) is 24.0 Å². The van der Waals surface area contributed by atoms with Crippen molar-refractivity contribution in [3.05, 3.63) is 181 Å². The number of nitrogens with zero attached hydrogens (tertiary/aromatic N) is 9. The second kappa shape index (κ2) is 23.4. The standard InChI is InChI=1S/C31H30ClFN6.C24H24ClFN4.C7H7ClN2.ClH/c1-3-18-6-5-7-19(4-2)29(18)39-30(27-22-10-12-34-28(22)24(32)14-25(27)33)23-17-38(13-11-26(23)37-39)31-35-15-21(16-36-31)20-8-9-20;1-3-14-6-5-7-15(4-2)23(14)30-24(17-13-27-10-9-20(17)29-30)21-16-8-11-28-22(16)18(25)12-19(21)26;8-7-9-3-6(4-10-7)5-1-2-5;/h5-7,10,12,14-16,20,34H,3-4,8-9,11,13,17H2,1-2H3;5-8,11-12,27-28H,3-4,9-10,13H2,1-2H3;3-5H,1-2H2;1H. The first-order valence-electron chi connectivity index (χ1n) is 27.7. The van der Waals surface area contributed by atoms with Gasteiger partial charge in [-0.15, -0.1) is 12.4 Å². The predicted molar refractivity (Wildman–Crippen MR) is 320 cm³/mol. The molecule has 412 valence electrons. The Balaban J connectivity index is 0.000000145. The largest absolute Gasteiger partial charge is 0.360 e. The molecule has 4 aliphatic rings. The third-order valence-electron chi connectivity index (χ3n) is 15.9. The minimum absolute atomic E-state index is 0. The van der Waals surface area contributed by atoms with Crippen LogP contribution in [0.3, 0.4) is 0 Å². The Morgan fingerprint density at radius 1 is 0.588 bits per heavy atom. The van der Waals surface area contributed by atoms with E-state index in [2.05, 4.69) is 94.2 Å². The van der Waals surface area contributed by atoms with E-state index >= 15 is 8.78 Å². The third-order valence-corrected chi connectivity index (χ3v) is 16.7. The fourth-order valence-corrected chi connectivity index (χ4v) is 12.1. The second-order valence-corrected chi connectivity index (χ2v) is 22.0. The molecule has 14 rings (SSSR count). The molecule has 2 aliphatic heterocycles. The number of fused-ring (bicyclic) bond motifs is 4. The summed E-state index contributed by atoms with van der Waals surface area (Å²) < 4.78 is 35.5. The van der Waals surface area contributed by atoms with Crippen LogP contribution in [0.15, 0.2) is 97.8 Å². The van der Waals surface area contributed by atoms with Gasteiger partial charge in [-0.25, -0.2) is 38.1 Å². The molecule has 0 amide bonds. The Bertz CT molecular complexity index is 3830. The number of aromatic amines is 2. The Hall–Kier alpha value is -6.68. The molecule has 12 nitrogen and oxygen atoms in total. The average Bonchev–Trinajstić information content (AvgIpc) is 4.18. The number of aromatic nitrogens is 10. The van der Waals surface area contributed by atoms with Gasteiger partial charge >= 0.3 is 0 Å². The molecule has 2 saturated carbocycles. The van der Waals surface area contributed by atoms with E-state index in [1.54, 1.807) is 0 Å². The van der Waals surface area contributed by atoms with E-state index < -0.39 is 0 Å². The van der Waals surface area contributed by atoms with Crippen LogP contribution in [-0.4, -0.2) is 62.6 Å². The second-order valence-electron chi connectivity index (χ2n) is 20.8. The number of rotatable bonds is 11. The van der Waals surface area contributed by atoms with Gasteiger partial charge in [0.05, 0.1) is 55.2 Å². The molecule has 0 atom stereocenters. The first-order valence-corrected chi connectivity index (χ1v) is 28.8. The molecule has 3 N–H and O–H groups in total. The number of hydrogen-bond donors (Lipinski definition) is 3. The van der Waals surface area contributed by atoms with Gasteiger partial charge in [0.25, 0.3) is 0 Å². The average molecular weight is 1160 g/mol. The van der Waals surface area contributed by atoms with Crippen molar-refractivity contribution in [1.29, 1.82) is 0 Å². The summed E-state index contributed by atoms with van der Waals surface area (Å²) in [4.78, 5) is 25.8. The first-order chi connectivity index (χ1) is 38.6. The van der Waals surface area contributed by atoms with Crippen molar-refractivity contribution in [1.82, 2.24) is 54.8 Å². The van der Waals surface area contributed by atoms with Gasteiger partial charge in [-0.3, -0.25) is 0 Å². The maximum atomic E-state index is 16.0. The first kappa shape index (κ1) is 55.2. The summed E-state index contributed by atoms with van der Waals surface area (Å²) in [5, 5.41) is 16.3. The highest BCUT2D eigenvalue weighted by atomic mass is 35.5. The summed E-state index contributed by atoms with van der Waals surface area (Å²) in [7, 11) is 0. The molecule has 4 aromatic carbocycles. The van der Waals surface area contributed by atoms with E-state index in [0.29, 0.717) is 51.4 Å². The van der Waals surface area contributed by atoms with Crippen LogP contribution in [0.5, 0.6) is 0 Å². The van der Waals surface area contributed by atoms with E-state index in [1.165, 1.54) is 71.2 Å². The van der Waals surface area contributed by atoms with Gasteiger partial charge in [0.2, 0.25) is 11.2 Å². The van der Waals surface area contributed by atoms with Gasteiger partial charge in [0, 0.05) is 109 Å². The fourth-order valence-electron chi connectivity index (χ4n) is 11.5. The van der Waals surface area contributed by atoms with Crippen LogP contribution in [0, 0.1) is 11.6 Å². The zero-order chi connectivity index (χ0) is 54.5. The summed E-state index contributed by atoms with van der Waals surface area (Å²) >= 11 is 18.3. The van der Waals surface area contributed by atoms with Crippen molar-refractivity contribution in [2.24, 2.45) is 0 Å². The maximum absolute atomic E-state index is 16.0. The molecule has 80 heavy (non-hydrogen) atoms. The monoisotopic (exact) mass is 1150 g/mol. The van der Waals surface area contributed by atoms with Gasteiger partial charge in [0.15, 0.2) is 0 Å². The normalized spacial score (nSPS) is 14.7. The molecule has 0 unspecified atom stereocenters. The minimum Gasteiger partial charge on any atom is -0.360 e. The number of hydrogen-bond acceptors (Lipinski definition) is 8. The molecule has 8 heterocycles. The number of halogens is 6. The summed E-state index contributed by atoms with van der Waals surface area (Å²) in [6, 6.07) is 19.4. The van der Waals surface area contributed by atoms with Crippen molar-refractivity contribution in [2.75, 3.05) is 18.0 Å². The molecule has 10 aromatic rings. The highest BCUT2D eigenvalue weighted by Gasteiger charge is 2.33. The lowest BCUT2D eigenvalue weighted by Gasteiger charge is -2.27. The van der Waals surface area contributed by atoms with Gasteiger partial charge in [-0.05, 0) is 132 Å². The van der Waals surface area contributed by atoms with Crippen LogP contribution in [-0.2, 0) is 51.6 Å². The Morgan fingerprint density at radius 3 is 1.50 bits per heavy atom. The molecule has 2 aliphatic carbocycles. The fraction of sp³-hybridized carbons (Fsp3) is 0.323. The molecule has 0 saturated heterocycles. The topological polar surface area (TPSA) is 134 Å². The molecule has 0 spiro atoms. The SMILES string of the molecule is CCc1cccc(CC)c1-n1nc2c(c1-c1c(F)cc(Cl)c3[nH]ccc13)CN(c1ncc(C3CC3)cn1)CC2.CCc1cccc(CC)c1-n1nc2c(c1-c1c(F)cc(Cl)c3[nH]ccc13)CNCC2.Cl.Clc1ncc(C2CC2)cn1. The van der Waals surface area contributed by atoms with Crippen LogP contribution in [0.2, 0.25) is 15.3 Å². The number of benzene rings is 4. The van der Waals surface area contributed by atoms with E-state index in [0.717, 1.165) is 125 Å². The molecule has 0 radical (unpaired) electrons. The van der Waals surface area contributed by atoms with Crippen molar-refractivity contribution < 1.29 is 8.78 Å². The van der Waals surface area contributed by atoms with E-state index in [4.69, 9.17) is 55.0 Å². The van der Waals surface area contributed by atoms with Gasteiger partial charge in [-0.2, -0.15) is 10.2 Å². The van der Waals surface area contributed by atoms with Crippen molar-refractivity contribution in [2.45, 2.75) is 117 Å². The number of H-pyrrole nitrogens is 2. The number of anilines is 1. The highest BCUT2D eigenvalue weighted by molar-refractivity contribution is 6.36. The Labute approximate surface area is 485 Å².